The Hall–Kier alpha value is -1.01. The molecule has 0 unspecified atom stereocenters. The van der Waals surface area contributed by atoms with Crippen LogP contribution in [0.2, 0.25) is 5.02 Å². The van der Waals surface area contributed by atoms with E-state index in [4.69, 9.17) is 11.6 Å². The monoisotopic (exact) mass is 420 g/mol. The lowest BCUT2D eigenvalue weighted by Crippen LogP contribution is -2.39. The Morgan fingerprint density at radius 3 is 3.07 bits per heavy atom. The van der Waals surface area contributed by atoms with E-state index < -0.39 is 0 Å². The van der Waals surface area contributed by atoms with Crippen LogP contribution in [0.25, 0.3) is 10.4 Å². The quantitative estimate of drug-likeness (QED) is 0.632. The normalized spacial score (nSPS) is 19.4. The maximum atomic E-state index is 12.6. The maximum Gasteiger partial charge on any atom is 0.261 e. The van der Waals surface area contributed by atoms with E-state index in [0.717, 1.165) is 35.2 Å². The van der Waals surface area contributed by atoms with E-state index in [1.807, 2.05) is 12.1 Å². The van der Waals surface area contributed by atoms with Gasteiger partial charge < -0.3 is 10.2 Å². The largest absolute Gasteiger partial charge is 0.351 e. The van der Waals surface area contributed by atoms with E-state index in [2.05, 4.69) is 29.3 Å². The van der Waals surface area contributed by atoms with E-state index in [0.29, 0.717) is 6.04 Å². The molecule has 0 radical (unpaired) electrons. The molecule has 2 aliphatic heterocycles. The summed E-state index contributed by atoms with van der Waals surface area (Å²) in [7, 11) is 0. The number of hydrogen-bond acceptors (Lipinski definition) is 4. The van der Waals surface area contributed by atoms with Gasteiger partial charge in [-0.15, -0.1) is 23.1 Å². The van der Waals surface area contributed by atoms with Gasteiger partial charge in [-0.2, -0.15) is 0 Å². The molecule has 1 saturated heterocycles. The highest BCUT2D eigenvalue weighted by Gasteiger charge is 2.22. The molecule has 144 valence electrons. The number of thioether (sulfide) groups is 1. The number of benzene rings is 1. The van der Waals surface area contributed by atoms with Crippen LogP contribution in [0.1, 0.15) is 47.8 Å². The van der Waals surface area contributed by atoms with Crippen molar-refractivity contribution in [1.29, 1.82) is 0 Å². The van der Waals surface area contributed by atoms with Gasteiger partial charge in [0.1, 0.15) is 0 Å². The fraction of sp³-hybridized carbons (Fsp3) is 0.476. The summed E-state index contributed by atoms with van der Waals surface area (Å²) in [6.45, 7) is 5.34. The maximum absolute atomic E-state index is 12.6. The zero-order valence-corrected chi connectivity index (χ0v) is 18.0. The molecule has 0 saturated carbocycles. The summed E-state index contributed by atoms with van der Waals surface area (Å²) in [5, 5.41) is 3.88. The second-order valence-electron chi connectivity index (χ2n) is 7.38. The third-order valence-corrected chi connectivity index (χ3v) is 8.00. The third kappa shape index (κ3) is 4.37. The molecule has 4 rings (SSSR count). The average Bonchev–Trinajstić information content (AvgIpc) is 3.11. The molecule has 1 amide bonds. The number of fused-ring (bicyclic) bond motifs is 3. The van der Waals surface area contributed by atoms with Crippen molar-refractivity contribution in [1.82, 2.24) is 10.2 Å². The molecule has 6 heteroatoms. The van der Waals surface area contributed by atoms with Crippen molar-refractivity contribution in [2.24, 2.45) is 0 Å². The van der Waals surface area contributed by atoms with Gasteiger partial charge in [0.2, 0.25) is 0 Å². The molecule has 3 heterocycles. The van der Waals surface area contributed by atoms with Crippen molar-refractivity contribution in [2.45, 2.75) is 49.3 Å². The highest BCUT2D eigenvalue weighted by Crippen LogP contribution is 2.46. The predicted octanol–water partition coefficient (Wildman–Crippen LogP) is 5.67. The van der Waals surface area contributed by atoms with Gasteiger partial charge in [-0.1, -0.05) is 24.1 Å². The van der Waals surface area contributed by atoms with Crippen LogP contribution in [0.3, 0.4) is 0 Å². The zero-order valence-electron chi connectivity index (χ0n) is 15.6. The number of halogens is 1. The summed E-state index contributed by atoms with van der Waals surface area (Å²) in [6.07, 6.45) is 4.98. The molecule has 2 aromatic rings. The highest BCUT2D eigenvalue weighted by atomic mass is 35.5. The van der Waals surface area contributed by atoms with Crippen LogP contribution >= 0.6 is 34.7 Å². The number of carbonyl (C=O) groups excluding carboxylic acids is 1. The lowest BCUT2D eigenvalue weighted by molar-refractivity contribution is 0.0953. The average molecular weight is 421 g/mol. The van der Waals surface area contributed by atoms with E-state index in [-0.39, 0.29) is 5.91 Å². The Kier molecular flexibility index (Phi) is 6.12. The number of piperidine rings is 1. The summed E-state index contributed by atoms with van der Waals surface area (Å²) in [5.41, 5.74) is 2.46. The molecule has 27 heavy (non-hydrogen) atoms. The van der Waals surface area contributed by atoms with Crippen molar-refractivity contribution in [3.63, 3.8) is 0 Å². The fourth-order valence-corrected chi connectivity index (χ4v) is 6.50. The second kappa shape index (κ2) is 8.56. The molecule has 1 N–H and O–H groups in total. The number of nitrogens with one attached hydrogen (secondary N) is 1. The molecule has 1 aromatic heterocycles. The van der Waals surface area contributed by atoms with E-state index in [9.17, 15) is 4.79 Å². The fourth-order valence-electron chi connectivity index (χ4n) is 3.90. The minimum Gasteiger partial charge on any atom is -0.351 e. The third-order valence-electron chi connectivity index (χ3n) is 5.45. The number of hydrogen-bond donors (Lipinski definition) is 1. The van der Waals surface area contributed by atoms with Crippen LogP contribution in [0, 0.1) is 0 Å². The van der Waals surface area contributed by atoms with Crippen molar-refractivity contribution in [3.05, 3.63) is 39.7 Å². The summed E-state index contributed by atoms with van der Waals surface area (Å²) < 4.78 is 0. The Balaban J connectivity index is 1.34. The van der Waals surface area contributed by atoms with Crippen molar-refractivity contribution in [2.75, 3.05) is 19.6 Å². The number of amides is 1. The van der Waals surface area contributed by atoms with Crippen molar-refractivity contribution >= 4 is 40.6 Å². The number of thiophene rings is 1. The zero-order chi connectivity index (χ0) is 18.8. The SMILES string of the molecule is C[C@@H]1CCCCN1CCCNC(=O)c1cc2c(s1)-c1ccc(Cl)cc1SC2. The molecule has 0 bridgehead atoms. The van der Waals surface area contributed by atoms with Crippen molar-refractivity contribution in [3.8, 4) is 10.4 Å². The van der Waals surface area contributed by atoms with Gasteiger partial charge in [0, 0.05) is 45.2 Å². The topological polar surface area (TPSA) is 32.3 Å². The minimum atomic E-state index is 0.0570. The molecule has 0 spiro atoms. The first-order valence-corrected chi connectivity index (χ1v) is 11.9. The first kappa shape index (κ1) is 19.3. The number of nitrogens with zero attached hydrogens (tertiary/aromatic N) is 1. The van der Waals surface area contributed by atoms with Gasteiger partial charge in [-0.25, -0.2) is 0 Å². The van der Waals surface area contributed by atoms with Gasteiger partial charge >= 0.3 is 0 Å². The molecule has 3 nitrogen and oxygen atoms in total. The van der Waals surface area contributed by atoms with Gasteiger partial charge in [-0.3, -0.25) is 4.79 Å². The van der Waals surface area contributed by atoms with Crippen LogP contribution in [0.15, 0.2) is 29.2 Å². The van der Waals surface area contributed by atoms with Crippen LogP contribution in [-0.4, -0.2) is 36.5 Å². The molecule has 1 aromatic carbocycles. The molecule has 0 aliphatic carbocycles. The highest BCUT2D eigenvalue weighted by molar-refractivity contribution is 7.98. The number of carbonyl (C=O) groups is 1. The predicted molar refractivity (Wildman–Crippen MR) is 116 cm³/mol. The Morgan fingerprint density at radius 2 is 2.22 bits per heavy atom. The van der Waals surface area contributed by atoms with E-state index in [1.165, 1.54) is 46.7 Å². The van der Waals surface area contributed by atoms with Gasteiger partial charge in [0.15, 0.2) is 0 Å². The molecule has 2 aliphatic rings. The lowest BCUT2D eigenvalue weighted by atomic mass is 10.0. The Labute approximate surface area is 174 Å². The van der Waals surface area contributed by atoms with Crippen LogP contribution in [0.5, 0.6) is 0 Å². The smallest absolute Gasteiger partial charge is 0.261 e. The van der Waals surface area contributed by atoms with Gasteiger partial charge in [0.05, 0.1) is 4.88 Å². The van der Waals surface area contributed by atoms with Gasteiger partial charge in [0.25, 0.3) is 5.91 Å². The van der Waals surface area contributed by atoms with E-state index >= 15 is 0 Å². The van der Waals surface area contributed by atoms with Crippen LogP contribution in [0.4, 0.5) is 0 Å². The Morgan fingerprint density at radius 1 is 1.33 bits per heavy atom. The van der Waals surface area contributed by atoms with Crippen LogP contribution in [-0.2, 0) is 5.75 Å². The molecular formula is C21H25ClN2OS2. The summed E-state index contributed by atoms with van der Waals surface area (Å²) in [4.78, 5) is 18.4. The summed E-state index contributed by atoms with van der Waals surface area (Å²) in [5.74, 6) is 0.959. The molecular weight excluding hydrogens is 396 g/mol. The van der Waals surface area contributed by atoms with E-state index in [1.54, 1.807) is 23.1 Å². The Bertz CT molecular complexity index is 836. The number of likely N-dealkylation sites (tertiary alicyclic amines) is 1. The standard InChI is InChI=1S/C21H25ClN2OS2/c1-14-5-2-3-9-24(14)10-4-8-23-21(25)19-11-15-13-26-18-12-16(22)6-7-17(18)20(15)27-19/h6-7,11-12,14H,2-5,8-10,13H2,1H3,(H,23,25)/t14-/m1/s1. The first-order valence-electron chi connectivity index (χ1n) is 9.69. The minimum absolute atomic E-state index is 0.0570. The van der Waals surface area contributed by atoms with Crippen molar-refractivity contribution < 1.29 is 4.79 Å². The van der Waals surface area contributed by atoms with Crippen LogP contribution < -0.4 is 5.32 Å². The molecule has 1 atom stereocenters. The summed E-state index contributed by atoms with van der Waals surface area (Å²) in [6, 6.07) is 8.76. The number of rotatable bonds is 5. The summed E-state index contributed by atoms with van der Waals surface area (Å²) >= 11 is 9.51. The lowest BCUT2D eigenvalue weighted by Gasteiger charge is -2.33. The second-order valence-corrected chi connectivity index (χ2v) is 9.89. The first-order chi connectivity index (χ1) is 13.1. The van der Waals surface area contributed by atoms with Gasteiger partial charge in [-0.05, 0) is 56.5 Å². The molecule has 1 fully saturated rings.